The van der Waals surface area contributed by atoms with Crippen molar-refractivity contribution >= 4 is 5.65 Å². The standard InChI is InChI=1S/C7H8N2O/c1-5-4-10-9-6(2)3-8-7(5)9/h3-4H,1-2H3. The highest BCUT2D eigenvalue weighted by Crippen LogP contribution is 2.10. The molecule has 2 aromatic rings. The quantitative estimate of drug-likeness (QED) is 0.550. The van der Waals surface area contributed by atoms with Crippen molar-refractivity contribution in [2.75, 3.05) is 0 Å². The van der Waals surface area contributed by atoms with E-state index >= 15 is 0 Å². The van der Waals surface area contributed by atoms with Crippen LogP contribution >= 0.6 is 0 Å². The van der Waals surface area contributed by atoms with Crippen molar-refractivity contribution in [2.45, 2.75) is 13.8 Å². The highest BCUT2D eigenvalue weighted by Gasteiger charge is 2.03. The van der Waals surface area contributed by atoms with Crippen LogP contribution in [0.3, 0.4) is 0 Å². The van der Waals surface area contributed by atoms with Crippen LogP contribution in [0.5, 0.6) is 0 Å². The van der Waals surface area contributed by atoms with Gasteiger partial charge in [-0.05, 0) is 13.8 Å². The van der Waals surface area contributed by atoms with Gasteiger partial charge in [-0.2, -0.15) is 4.57 Å². The van der Waals surface area contributed by atoms with Crippen LogP contribution in [0.2, 0.25) is 0 Å². The van der Waals surface area contributed by atoms with Gasteiger partial charge in [-0.1, -0.05) is 0 Å². The van der Waals surface area contributed by atoms with E-state index in [2.05, 4.69) is 4.98 Å². The normalized spacial score (nSPS) is 11.0. The number of rotatable bonds is 0. The van der Waals surface area contributed by atoms with Crippen LogP contribution in [0.1, 0.15) is 11.3 Å². The van der Waals surface area contributed by atoms with Crippen LogP contribution in [0, 0.1) is 13.8 Å². The highest BCUT2D eigenvalue weighted by molar-refractivity contribution is 5.45. The molecule has 0 atom stereocenters. The summed E-state index contributed by atoms with van der Waals surface area (Å²) < 4.78 is 6.89. The molecule has 0 N–H and O–H groups in total. The molecule has 0 bridgehead atoms. The van der Waals surface area contributed by atoms with E-state index in [1.807, 2.05) is 13.8 Å². The summed E-state index contributed by atoms with van der Waals surface area (Å²) in [7, 11) is 0. The van der Waals surface area contributed by atoms with Gasteiger partial charge in [0, 0.05) is 5.56 Å². The molecule has 0 fully saturated rings. The number of imidazole rings is 1. The van der Waals surface area contributed by atoms with E-state index in [4.69, 9.17) is 4.52 Å². The first-order chi connectivity index (χ1) is 4.79. The Morgan fingerprint density at radius 1 is 1.50 bits per heavy atom. The third-order valence-corrected chi connectivity index (χ3v) is 1.57. The number of hydrogen-bond acceptors (Lipinski definition) is 2. The lowest BCUT2D eigenvalue weighted by Crippen LogP contribution is -1.77. The zero-order valence-electron chi connectivity index (χ0n) is 5.96. The molecule has 0 unspecified atom stereocenters. The Kier molecular flexibility index (Phi) is 0.897. The van der Waals surface area contributed by atoms with Gasteiger partial charge in [0.1, 0.15) is 6.26 Å². The second-order valence-electron chi connectivity index (χ2n) is 2.42. The lowest BCUT2D eigenvalue weighted by Gasteiger charge is -1.82. The van der Waals surface area contributed by atoms with Crippen LogP contribution in [0.15, 0.2) is 17.0 Å². The average Bonchev–Trinajstić information content (AvgIpc) is 2.41. The minimum absolute atomic E-state index is 0.914. The largest absolute Gasteiger partial charge is 0.381 e. The molecule has 0 radical (unpaired) electrons. The second-order valence-corrected chi connectivity index (χ2v) is 2.42. The van der Waals surface area contributed by atoms with Gasteiger partial charge in [0.2, 0.25) is 0 Å². The lowest BCUT2D eigenvalue weighted by molar-refractivity contribution is 0.370. The average molecular weight is 136 g/mol. The lowest BCUT2D eigenvalue weighted by atomic mass is 10.4. The summed E-state index contributed by atoms with van der Waals surface area (Å²) in [5.74, 6) is 0. The minimum atomic E-state index is 0.914. The number of fused-ring (bicyclic) bond motifs is 1. The molecule has 2 rings (SSSR count). The predicted octanol–water partition coefficient (Wildman–Crippen LogP) is 1.54. The summed E-state index contributed by atoms with van der Waals surface area (Å²) >= 11 is 0. The SMILES string of the molecule is Cc1con2c(C)cnc12. The molecule has 2 heterocycles. The van der Waals surface area contributed by atoms with Gasteiger partial charge < -0.3 is 4.52 Å². The minimum Gasteiger partial charge on any atom is -0.381 e. The van der Waals surface area contributed by atoms with E-state index in [1.165, 1.54) is 0 Å². The molecule has 3 nitrogen and oxygen atoms in total. The molecule has 0 aliphatic rings. The summed E-state index contributed by atoms with van der Waals surface area (Å²) in [5.41, 5.74) is 3.02. The van der Waals surface area contributed by atoms with Crippen molar-refractivity contribution in [1.29, 1.82) is 0 Å². The summed E-state index contributed by atoms with van der Waals surface area (Å²) in [6.07, 6.45) is 3.50. The van der Waals surface area contributed by atoms with Crippen LogP contribution in [0.4, 0.5) is 0 Å². The van der Waals surface area contributed by atoms with Gasteiger partial charge in [0.25, 0.3) is 0 Å². The maximum absolute atomic E-state index is 5.17. The molecular weight excluding hydrogens is 128 g/mol. The Hall–Kier alpha value is -1.25. The van der Waals surface area contributed by atoms with Crippen molar-refractivity contribution in [3.05, 3.63) is 23.7 Å². The molecule has 0 aliphatic heterocycles. The Morgan fingerprint density at radius 3 is 3.00 bits per heavy atom. The molecule has 0 aromatic carbocycles. The molecule has 10 heavy (non-hydrogen) atoms. The van der Waals surface area contributed by atoms with Crippen molar-refractivity contribution < 1.29 is 4.52 Å². The van der Waals surface area contributed by atoms with Gasteiger partial charge in [-0.25, -0.2) is 4.98 Å². The van der Waals surface area contributed by atoms with Crippen molar-refractivity contribution in [3.8, 4) is 0 Å². The predicted molar refractivity (Wildman–Crippen MR) is 36.9 cm³/mol. The summed E-state index contributed by atoms with van der Waals surface area (Å²) in [6, 6.07) is 0. The fourth-order valence-corrected chi connectivity index (χ4v) is 1.01. The zero-order valence-corrected chi connectivity index (χ0v) is 5.96. The first-order valence-electron chi connectivity index (χ1n) is 3.17. The molecule has 0 saturated carbocycles. The molecule has 2 aromatic heterocycles. The van der Waals surface area contributed by atoms with E-state index in [1.54, 1.807) is 17.0 Å². The van der Waals surface area contributed by atoms with Gasteiger partial charge in [0.15, 0.2) is 5.65 Å². The number of hydrogen-bond donors (Lipinski definition) is 0. The van der Waals surface area contributed by atoms with E-state index in [0.717, 1.165) is 16.9 Å². The topological polar surface area (TPSA) is 30.4 Å². The Bertz CT molecular complexity index is 322. The highest BCUT2D eigenvalue weighted by atomic mass is 16.5. The maximum Gasteiger partial charge on any atom is 0.175 e. The van der Waals surface area contributed by atoms with Gasteiger partial charge >= 0.3 is 0 Å². The van der Waals surface area contributed by atoms with Crippen molar-refractivity contribution in [1.82, 2.24) is 9.56 Å². The van der Waals surface area contributed by atoms with Crippen LogP contribution < -0.4 is 0 Å². The van der Waals surface area contributed by atoms with Gasteiger partial charge in [0.05, 0.1) is 11.9 Å². The Morgan fingerprint density at radius 2 is 2.30 bits per heavy atom. The van der Waals surface area contributed by atoms with E-state index in [-0.39, 0.29) is 0 Å². The van der Waals surface area contributed by atoms with Gasteiger partial charge in [-0.15, -0.1) is 0 Å². The first-order valence-corrected chi connectivity index (χ1v) is 3.17. The molecule has 0 saturated heterocycles. The zero-order chi connectivity index (χ0) is 7.14. The van der Waals surface area contributed by atoms with E-state index < -0.39 is 0 Å². The van der Waals surface area contributed by atoms with Crippen molar-refractivity contribution in [3.63, 3.8) is 0 Å². The molecule has 0 spiro atoms. The number of aryl methyl sites for hydroxylation is 2. The van der Waals surface area contributed by atoms with E-state index in [9.17, 15) is 0 Å². The fraction of sp³-hybridized carbons (Fsp3) is 0.286. The maximum atomic E-state index is 5.17. The molecule has 52 valence electrons. The molecule has 0 amide bonds. The number of aromatic nitrogens is 2. The van der Waals surface area contributed by atoms with Gasteiger partial charge in [-0.3, -0.25) is 0 Å². The van der Waals surface area contributed by atoms with Crippen LogP contribution in [0.25, 0.3) is 5.65 Å². The third-order valence-electron chi connectivity index (χ3n) is 1.57. The third kappa shape index (κ3) is 0.518. The van der Waals surface area contributed by atoms with E-state index in [0.29, 0.717) is 0 Å². The fourth-order valence-electron chi connectivity index (χ4n) is 1.01. The first kappa shape index (κ1) is 5.53. The Balaban J connectivity index is 2.95. The Labute approximate surface area is 58.2 Å². The smallest absolute Gasteiger partial charge is 0.175 e. The summed E-state index contributed by atoms with van der Waals surface area (Å²) in [6.45, 7) is 3.94. The number of nitrogens with zero attached hydrogens (tertiary/aromatic N) is 2. The summed E-state index contributed by atoms with van der Waals surface area (Å²) in [4.78, 5) is 4.15. The molecule has 0 aliphatic carbocycles. The van der Waals surface area contributed by atoms with Crippen molar-refractivity contribution in [2.24, 2.45) is 0 Å². The van der Waals surface area contributed by atoms with Crippen LogP contribution in [-0.2, 0) is 0 Å². The second kappa shape index (κ2) is 1.62. The monoisotopic (exact) mass is 136 g/mol. The molecular formula is C7H8N2O. The summed E-state index contributed by atoms with van der Waals surface area (Å²) in [5, 5.41) is 0. The van der Waals surface area contributed by atoms with Crippen LogP contribution in [-0.4, -0.2) is 9.56 Å². The molecule has 3 heteroatoms.